The standard InChI is InChI=1S/C12H22N2O/c1-4-6-7-8-9-14-12(15)11(13)10(3)5-2/h1,10-11H,5-9,13H2,2-3H3,(H,14,15)/t10?,11-/m0/s1. The summed E-state index contributed by atoms with van der Waals surface area (Å²) in [6.45, 7) is 4.69. The summed E-state index contributed by atoms with van der Waals surface area (Å²) in [6, 6.07) is -0.386. The second-order valence-electron chi connectivity index (χ2n) is 3.86. The van der Waals surface area contributed by atoms with Gasteiger partial charge in [-0.1, -0.05) is 20.3 Å². The van der Waals surface area contributed by atoms with Gasteiger partial charge in [-0.05, 0) is 18.8 Å². The lowest BCUT2D eigenvalue weighted by molar-refractivity contribution is -0.123. The maximum Gasteiger partial charge on any atom is 0.237 e. The number of carbonyl (C=O) groups excluding carboxylic acids is 1. The molecule has 2 atom stereocenters. The van der Waals surface area contributed by atoms with E-state index in [2.05, 4.69) is 11.2 Å². The van der Waals surface area contributed by atoms with E-state index in [1.807, 2.05) is 13.8 Å². The highest BCUT2D eigenvalue weighted by Crippen LogP contribution is 2.04. The number of terminal acetylenes is 1. The third-order valence-corrected chi connectivity index (χ3v) is 2.61. The van der Waals surface area contributed by atoms with Crippen molar-refractivity contribution >= 4 is 5.91 Å². The fraction of sp³-hybridized carbons (Fsp3) is 0.750. The lowest BCUT2D eigenvalue weighted by Crippen LogP contribution is -2.44. The highest BCUT2D eigenvalue weighted by Gasteiger charge is 2.18. The van der Waals surface area contributed by atoms with Crippen LogP contribution in [0.4, 0.5) is 0 Å². The predicted octanol–water partition coefficient (Wildman–Crippen LogP) is 1.28. The first-order chi connectivity index (χ1) is 7.13. The molecular weight excluding hydrogens is 188 g/mol. The molecule has 3 heteroatoms. The zero-order valence-corrected chi connectivity index (χ0v) is 9.75. The van der Waals surface area contributed by atoms with Crippen molar-refractivity contribution < 1.29 is 4.79 Å². The first kappa shape index (κ1) is 14.0. The van der Waals surface area contributed by atoms with Gasteiger partial charge in [0.2, 0.25) is 5.91 Å². The first-order valence-corrected chi connectivity index (χ1v) is 5.60. The van der Waals surface area contributed by atoms with Crippen molar-refractivity contribution in [3.8, 4) is 12.3 Å². The first-order valence-electron chi connectivity index (χ1n) is 5.60. The lowest BCUT2D eigenvalue weighted by atomic mass is 9.99. The molecule has 0 bridgehead atoms. The molecule has 86 valence electrons. The maximum atomic E-state index is 11.5. The molecular formula is C12H22N2O. The van der Waals surface area contributed by atoms with Crippen LogP contribution in [0.25, 0.3) is 0 Å². The Morgan fingerprint density at radius 1 is 1.53 bits per heavy atom. The van der Waals surface area contributed by atoms with Crippen molar-refractivity contribution in [2.75, 3.05) is 6.54 Å². The number of unbranched alkanes of at least 4 members (excludes halogenated alkanes) is 2. The van der Waals surface area contributed by atoms with Gasteiger partial charge in [0.05, 0.1) is 6.04 Å². The highest BCUT2D eigenvalue weighted by molar-refractivity contribution is 5.81. The van der Waals surface area contributed by atoms with E-state index in [4.69, 9.17) is 12.2 Å². The van der Waals surface area contributed by atoms with Gasteiger partial charge in [0.25, 0.3) is 0 Å². The van der Waals surface area contributed by atoms with Crippen LogP contribution in [0.15, 0.2) is 0 Å². The third-order valence-electron chi connectivity index (χ3n) is 2.61. The Kier molecular flexibility index (Phi) is 7.75. The van der Waals surface area contributed by atoms with Crippen LogP contribution in [0, 0.1) is 18.3 Å². The van der Waals surface area contributed by atoms with Crippen molar-refractivity contribution in [1.82, 2.24) is 5.32 Å². The van der Waals surface area contributed by atoms with E-state index in [-0.39, 0.29) is 17.9 Å². The Morgan fingerprint density at radius 3 is 2.73 bits per heavy atom. The average Bonchev–Trinajstić information content (AvgIpc) is 2.26. The molecule has 0 saturated heterocycles. The second-order valence-corrected chi connectivity index (χ2v) is 3.86. The van der Waals surface area contributed by atoms with E-state index in [9.17, 15) is 4.79 Å². The van der Waals surface area contributed by atoms with Crippen LogP contribution < -0.4 is 11.1 Å². The van der Waals surface area contributed by atoms with Gasteiger partial charge >= 0.3 is 0 Å². The Labute approximate surface area is 92.8 Å². The molecule has 0 aromatic heterocycles. The van der Waals surface area contributed by atoms with Crippen LogP contribution in [0.5, 0.6) is 0 Å². The SMILES string of the molecule is C#CCCCCNC(=O)[C@@H](N)C(C)CC. The number of nitrogens with one attached hydrogen (secondary N) is 1. The molecule has 3 N–H and O–H groups in total. The fourth-order valence-electron chi connectivity index (χ4n) is 1.19. The molecule has 1 unspecified atom stereocenters. The predicted molar refractivity (Wildman–Crippen MR) is 63.1 cm³/mol. The molecule has 0 fully saturated rings. The molecule has 3 nitrogen and oxygen atoms in total. The van der Waals surface area contributed by atoms with Gasteiger partial charge in [0.15, 0.2) is 0 Å². The van der Waals surface area contributed by atoms with Gasteiger partial charge in [-0.3, -0.25) is 4.79 Å². The Balaban J connectivity index is 3.61. The van der Waals surface area contributed by atoms with Gasteiger partial charge < -0.3 is 11.1 Å². The number of nitrogens with two attached hydrogens (primary N) is 1. The molecule has 0 aromatic carbocycles. The van der Waals surface area contributed by atoms with E-state index in [1.54, 1.807) is 0 Å². The van der Waals surface area contributed by atoms with Crippen LogP contribution in [-0.2, 0) is 4.79 Å². The minimum absolute atomic E-state index is 0.0509. The number of hydrogen-bond acceptors (Lipinski definition) is 2. The molecule has 0 rings (SSSR count). The minimum Gasteiger partial charge on any atom is -0.355 e. The van der Waals surface area contributed by atoms with Crippen LogP contribution in [0.3, 0.4) is 0 Å². The van der Waals surface area contributed by atoms with Gasteiger partial charge in [-0.15, -0.1) is 12.3 Å². The number of carbonyl (C=O) groups is 1. The summed E-state index contributed by atoms with van der Waals surface area (Å²) in [5.74, 6) is 2.75. The summed E-state index contributed by atoms with van der Waals surface area (Å²) in [4.78, 5) is 11.5. The normalized spacial score (nSPS) is 14.0. The molecule has 0 heterocycles. The number of rotatable bonds is 7. The molecule has 0 aliphatic heterocycles. The lowest BCUT2D eigenvalue weighted by Gasteiger charge is -2.17. The van der Waals surface area contributed by atoms with E-state index >= 15 is 0 Å². The van der Waals surface area contributed by atoms with Crippen LogP contribution in [0.2, 0.25) is 0 Å². The van der Waals surface area contributed by atoms with E-state index in [0.717, 1.165) is 25.7 Å². The molecule has 0 saturated carbocycles. The summed E-state index contributed by atoms with van der Waals surface area (Å²) in [6.07, 6.45) is 8.69. The fourth-order valence-corrected chi connectivity index (χ4v) is 1.19. The van der Waals surface area contributed by atoms with Crippen molar-refractivity contribution in [1.29, 1.82) is 0 Å². The molecule has 0 aliphatic carbocycles. The monoisotopic (exact) mass is 210 g/mol. The summed E-state index contributed by atoms with van der Waals surface area (Å²) in [7, 11) is 0. The molecule has 15 heavy (non-hydrogen) atoms. The zero-order chi connectivity index (χ0) is 11.7. The molecule has 0 aromatic rings. The van der Waals surface area contributed by atoms with Gasteiger partial charge in [-0.25, -0.2) is 0 Å². The van der Waals surface area contributed by atoms with E-state index in [0.29, 0.717) is 6.54 Å². The smallest absolute Gasteiger partial charge is 0.237 e. The average molecular weight is 210 g/mol. The summed E-state index contributed by atoms with van der Waals surface area (Å²) < 4.78 is 0. The van der Waals surface area contributed by atoms with Gasteiger partial charge in [0, 0.05) is 13.0 Å². The minimum atomic E-state index is -0.386. The number of amides is 1. The largest absolute Gasteiger partial charge is 0.355 e. The van der Waals surface area contributed by atoms with E-state index < -0.39 is 0 Å². The Bertz CT molecular complexity index is 220. The summed E-state index contributed by atoms with van der Waals surface area (Å²) >= 11 is 0. The zero-order valence-electron chi connectivity index (χ0n) is 9.75. The van der Waals surface area contributed by atoms with Gasteiger partial charge in [-0.2, -0.15) is 0 Å². The second kappa shape index (κ2) is 8.31. The molecule has 0 radical (unpaired) electrons. The van der Waals surface area contributed by atoms with Crippen LogP contribution in [-0.4, -0.2) is 18.5 Å². The maximum absolute atomic E-state index is 11.5. The Hall–Kier alpha value is -1.01. The van der Waals surface area contributed by atoms with Crippen LogP contribution >= 0.6 is 0 Å². The van der Waals surface area contributed by atoms with Crippen molar-refractivity contribution in [3.05, 3.63) is 0 Å². The topological polar surface area (TPSA) is 55.1 Å². The molecule has 0 aliphatic rings. The van der Waals surface area contributed by atoms with Gasteiger partial charge in [0.1, 0.15) is 0 Å². The third kappa shape index (κ3) is 6.14. The molecule has 0 spiro atoms. The van der Waals surface area contributed by atoms with Crippen molar-refractivity contribution in [2.24, 2.45) is 11.7 Å². The number of hydrogen-bond donors (Lipinski definition) is 2. The van der Waals surface area contributed by atoms with E-state index in [1.165, 1.54) is 0 Å². The van der Waals surface area contributed by atoms with Crippen LogP contribution in [0.1, 0.15) is 39.5 Å². The Morgan fingerprint density at radius 2 is 2.20 bits per heavy atom. The quantitative estimate of drug-likeness (QED) is 0.491. The molecule has 1 amide bonds. The summed E-state index contributed by atoms with van der Waals surface area (Å²) in [5.41, 5.74) is 5.77. The highest BCUT2D eigenvalue weighted by atomic mass is 16.2. The van der Waals surface area contributed by atoms with Crippen molar-refractivity contribution in [2.45, 2.75) is 45.6 Å². The van der Waals surface area contributed by atoms with Crippen molar-refractivity contribution in [3.63, 3.8) is 0 Å². The summed E-state index contributed by atoms with van der Waals surface area (Å²) in [5, 5.41) is 2.82.